The summed E-state index contributed by atoms with van der Waals surface area (Å²) in [6, 6.07) is 4.68. The number of rotatable bonds is 5. The molecule has 5 rings (SSSR count). The number of fused-ring (bicyclic) bond motifs is 1. The summed E-state index contributed by atoms with van der Waals surface area (Å²) >= 11 is 0. The molecule has 0 saturated carbocycles. The van der Waals surface area contributed by atoms with E-state index < -0.39 is 27.8 Å². The molecule has 11 nitrogen and oxygen atoms in total. The van der Waals surface area contributed by atoms with E-state index >= 15 is 0 Å². The Hall–Kier alpha value is -3.74. The van der Waals surface area contributed by atoms with E-state index in [2.05, 4.69) is 24.9 Å². The summed E-state index contributed by atoms with van der Waals surface area (Å²) in [5.74, 6) is -0.279. The summed E-state index contributed by atoms with van der Waals surface area (Å²) < 4.78 is 39.0. The van der Waals surface area contributed by atoms with E-state index in [1.165, 1.54) is 6.07 Å². The Balaban J connectivity index is 1.33. The Morgan fingerprint density at radius 3 is 2.57 bits per heavy atom. The minimum absolute atomic E-state index is 0.142. The van der Waals surface area contributed by atoms with Gasteiger partial charge in [-0.3, -0.25) is 9.52 Å². The summed E-state index contributed by atoms with van der Waals surface area (Å²) in [4.78, 5) is 37.4. The molecule has 5 heterocycles. The number of amides is 1. The summed E-state index contributed by atoms with van der Waals surface area (Å²) in [5, 5.41) is 0. The van der Waals surface area contributed by atoms with E-state index in [1.807, 2.05) is 21.4 Å². The highest BCUT2D eigenvalue weighted by Gasteiger charge is 2.35. The van der Waals surface area contributed by atoms with Crippen molar-refractivity contribution in [1.29, 1.82) is 0 Å². The Labute approximate surface area is 201 Å². The Morgan fingerprint density at radius 2 is 1.86 bits per heavy atom. The van der Waals surface area contributed by atoms with Crippen molar-refractivity contribution in [2.24, 2.45) is 5.92 Å². The van der Waals surface area contributed by atoms with Crippen molar-refractivity contribution in [3.8, 4) is 11.6 Å². The summed E-state index contributed by atoms with van der Waals surface area (Å²) in [5.41, 5.74) is 2.40. The third-order valence-electron chi connectivity index (χ3n) is 6.14. The van der Waals surface area contributed by atoms with E-state index in [-0.39, 0.29) is 6.04 Å². The number of carbonyl (C=O) groups is 1. The molecule has 0 aromatic carbocycles. The molecule has 1 atom stereocenters. The second-order valence-electron chi connectivity index (χ2n) is 8.63. The normalized spacial score (nSPS) is 18.1. The van der Waals surface area contributed by atoms with Crippen LogP contribution in [-0.4, -0.2) is 65.1 Å². The maximum atomic E-state index is 14.5. The first-order valence-electron chi connectivity index (χ1n) is 11.0. The van der Waals surface area contributed by atoms with Crippen LogP contribution < -0.4 is 14.5 Å². The first kappa shape index (κ1) is 23.0. The largest absolute Gasteiger partial charge is 0.370 e. The molecule has 1 unspecified atom stereocenters. The average Bonchev–Trinajstić information content (AvgIpc) is 2.77. The van der Waals surface area contributed by atoms with Crippen LogP contribution in [0, 0.1) is 11.9 Å². The maximum Gasteiger partial charge on any atom is 0.240 e. The fraction of sp³-hybridized carbons (Fsp3) is 0.364. The van der Waals surface area contributed by atoms with Crippen LogP contribution in [-0.2, 0) is 21.2 Å². The molecule has 13 heteroatoms. The lowest BCUT2D eigenvalue weighted by atomic mass is 9.98. The average molecular weight is 499 g/mol. The molecular formula is C22H23FN8O3S. The second kappa shape index (κ2) is 8.80. The molecule has 0 aliphatic carbocycles. The van der Waals surface area contributed by atoms with E-state index in [0.29, 0.717) is 49.2 Å². The quantitative estimate of drug-likeness (QED) is 0.510. The van der Waals surface area contributed by atoms with Gasteiger partial charge in [-0.15, -0.1) is 0 Å². The molecule has 3 aromatic heterocycles. The van der Waals surface area contributed by atoms with Crippen LogP contribution in [0.5, 0.6) is 0 Å². The number of hydrogen-bond donors (Lipinski definition) is 1. The van der Waals surface area contributed by atoms with Gasteiger partial charge < -0.3 is 9.80 Å². The molecule has 3 aromatic rings. The van der Waals surface area contributed by atoms with Gasteiger partial charge in [0.25, 0.3) is 0 Å². The zero-order valence-corrected chi connectivity index (χ0v) is 19.9. The van der Waals surface area contributed by atoms with E-state index in [9.17, 15) is 17.6 Å². The van der Waals surface area contributed by atoms with Crippen LogP contribution in [0.15, 0.2) is 36.8 Å². The summed E-state index contributed by atoms with van der Waals surface area (Å²) in [6.45, 7) is 3.15. The summed E-state index contributed by atoms with van der Waals surface area (Å²) in [7, 11) is -3.62. The van der Waals surface area contributed by atoms with Gasteiger partial charge in [-0.25, -0.2) is 33.3 Å². The van der Waals surface area contributed by atoms with Gasteiger partial charge in [-0.1, -0.05) is 0 Å². The van der Waals surface area contributed by atoms with Crippen molar-refractivity contribution in [2.75, 3.05) is 35.7 Å². The summed E-state index contributed by atoms with van der Waals surface area (Å²) in [6.07, 6.45) is 6.59. The third kappa shape index (κ3) is 4.76. The molecular weight excluding hydrogens is 475 g/mol. The number of anilines is 2. The molecule has 1 N–H and O–H groups in total. The van der Waals surface area contributed by atoms with Gasteiger partial charge >= 0.3 is 0 Å². The van der Waals surface area contributed by atoms with Crippen LogP contribution >= 0.6 is 0 Å². The van der Waals surface area contributed by atoms with E-state index in [4.69, 9.17) is 0 Å². The Kier molecular flexibility index (Phi) is 5.79. The van der Waals surface area contributed by atoms with Crippen LogP contribution in [0.2, 0.25) is 0 Å². The number of nitrogens with zero attached hydrogens (tertiary/aromatic N) is 7. The highest BCUT2D eigenvalue weighted by Crippen LogP contribution is 2.35. The minimum Gasteiger partial charge on any atom is -0.370 e. The second-order valence-corrected chi connectivity index (χ2v) is 10.4. The molecule has 1 saturated heterocycles. The standard InChI is InChI=1S/C22H23FN8O3S/c1-13-16-10-26-21(20-24-5-3-6-25-20)27-17(16)4-7-31(13)19-9-15(8-18(23)28-19)30-11-14(12-30)22(32)29-35(2,33)34/h3,5-6,8-10,13-14H,4,7,11-12H2,1-2H3,(H,29,32). The number of carbonyl (C=O) groups excluding carboxylic acids is 1. The fourth-order valence-electron chi connectivity index (χ4n) is 4.32. The van der Waals surface area contributed by atoms with Gasteiger partial charge in [-0.2, -0.15) is 4.39 Å². The number of sulfonamides is 1. The predicted molar refractivity (Wildman–Crippen MR) is 125 cm³/mol. The molecule has 2 aliphatic heterocycles. The maximum absolute atomic E-state index is 14.5. The van der Waals surface area contributed by atoms with Gasteiger partial charge in [0, 0.05) is 68.0 Å². The van der Waals surface area contributed by atoms with Crippen LogP contribution in [0.1, 0.15) is 24.2 Å². The number of halogens is 1. The molecule has 0 spiro atoms. The molecule has 1 amide bonds. The molecule has 1 fully saturated rings. The minimum atomic E-state index is -3.62. The molecule has 2 aliphatic rings. The van der Waals surface area contributed by atoms with Gasteiger partial charge in [-0.05, 0) is 13.0 Å². The van der Waals surface area contributed by atoms with Crippen molar-refractivity contribution in [3.63, 3.8) is 0 Å². The Bertz CT molecular complexity index is 1380. The van der Waals surface area contributed by atoms with Gasteiger partial charge in [0.05, 0.1) is 23.9 Å². The lowest BCUT2D eigenvalue weighted by Gasteiger charge is -2.41. The first-order chi connectivity index (χ1) is 16.7. The third-order valence-corrected chi connectivity index (χ3v) is 6.71. The number of aromatic nitrogens is 5. The van der Waals surface area contributed by atoms with E-state index in [1.54, 1.807) is 30.7 Å². The van der Waals surface area contributed by atoms with Crippen molar-refractivity contribution in [2.45, 2.75) is 19.4 Å². The van der Waals surface area contributed by atoms with Crippen molar-refractivity contribution < 1.29 is 17.6 Å². The topological polar surface area (TPSA) is 134 Å². The predicted octanol–water partition coefficient (Wildman–Crippen LogP) is 1.10. The van der Waals surface area contributed by atoms with Crippen LogP contribution in [0.4, 0.5) is 15.9 Å². The van der Waals surface area contributed by atoms with Crippen molar-refractivity contribution in [1.82, 2.24) is 29.6 Å². The molecule has 0 bridgehead atoms. The Morgan fingerprint density at radius 1 is 1.11 bits per heavy atom. The lowest BCUT2D eigenvalue weighted by molar-refractivity contribution is -0.123. The zero-order chi connectivity index (χ0) is 24.7. The highest BCUT2D eigenvalue weighted by atomic mass is 32.2. The smallest absolute Gasteiger partial charge is 0.240 e. The monoisotopic (exact) mass is 498 g/mol. The lowest BCUT2D eigenvalue weighted by Crippen LogP contribution is -2.54. The van der Waals surface area contributed by atoms with Crippen LogP contribution in [0.25, 0.3) is 11.6 Å². The molecule has 182 valence electrons. The van der Waals surface area contributed by atoms with E-state index in [0.717, 1.165) is 17.5 Å². The molecule has 35 heavy (non-hydrogen) atoms. The van der Waals surface area contributed by atoms with Crippen molar-refractivity contribution in [3.05, 3.63) is 54.0 Å². The SMILES string of the molecule is CC1c2cnc(-c3ncccn3)nc2CCN1c1cc(N2CC(C(=O)NS(C)(=O)=O)C2)cc(F)n1. The highest BCUT2D eigenvalue weighted by molar-refractivity contribution is 7.89. The van der Waals surface area contributed by atoms with Crippen molar-refractivity contribution >= 4 is 27.4 Å². The van der Waals surface area contributed by atoms with Gasteiger partial charge in [0.2, 0.25) is 21.9 Å². The number of nitrogens with one attached hydrogen (secondary N) is 1. The first-order valence-corrected chi connectivity index (χ1v) is 12.9. The van der Waals surface area contributed by atoms with Gasteiger partial charge in [0.1, 0.15) is 5.82 Å². The van der Waals surface area contributed by atoms with Crippen LogP contribution in [0.3, 0.4) is 0 Å². The zero-order valence-electron chi connectivity index (χ0n) is 19.1. The number of pyridine rings is 1. The number of hydrogen-bond acceptors (Lipinski definition) is 10. The molecule has 0 radical (unpaired) electrons. The van der Waals surface area contributed by atoms with Gasteiger partial charge in [0.15, 0.2) is 11.6 Å². The fourth-order valence-corrected chi connectivity index (χ4v) is 4.85.